The lowest BCUT2D eigenvalue weighted by atomic mass is 10.0. The first kappa shape index (κ1) is 17.6. The minimum Gasteiger partial charge on any atom is -0.163 e. The van der Waals surface area contributed by atoms with Gasteiger partial charge in [0.1, 0.15) is 0 Å². The van der Waals surface area contributed by atoms with Gasteiger partial charge in [-0.2, -0.15) is 10.0 Å². The summed E-state index contributed by atoms with van der Waals surface area (Å²) in [5, 5.41) is 0. The van der Waals surface area contributed by atoms with Crippen LogP contribution < -0.4 is 0 Å². The third kappa shape index (κ3) is 3.43. The molecular formula is C26H24S. The average molecular weight is 369 g/mol. The number of hydrogen-bond acceptors (Lipinski definition) is 0. The van der Waals surface area contributed by atoms with E-state index in [1.54, 1.807) is 0 Å². The van der Waals surface area contributed by atoms with Crippen molar-refractivity contribution in [3.05, 3.63) is 115 Å². The predicted molar refractivity (Wildman–Crippen MR) is 118 cm³/mol. The molecule has 0 aliphatic heterocycles. The Hall–Kier alpha value is -2.77. The summed E-state index contributed by atoms with van der Waals surface area (Å²) >= 11 is 0. The van der Waals surface area contributed by atoms with E-state index in [1.165, 1.54) is 31.4 Å². The minimum absolute atomic E-state index is 1.27. The van der Waals surface area contributed by atoms with E-state index in [1.807, 2.05) is 0 Å². The predicted octanol–water partition coefficient (Wildman–Crippen LogP) is 7.57. The summed E-state index contributed by atoms with van der Waals surface area (Å²) < 4.78 is 0. The molecule has 1 heteroatoms. The van der Waals surface area contributed by atoms with Crippen molar-refractivity contribution >= 4 is 10.0 Å². The summed E-state index contributed by atoms with van der Waals surface area (Å²) in [6.07, 6.45) is 2.40. The molecule has 27 heavy (non-hydrogen) atoms. The fraction of sp³-hybridized carbons (Fsp3) is 0.0769. The van der Waals surface area contributed by atoms with Crippen molar-refractivity contribution in [1.82, 2.24) is 0 Å². The quantitative estimate of drug-likeness (QED) is 0.348. The van der Waals surface area contributed by atoms with Crippen LogP contribution in [0.1, 0.15) is 5.56 Å². The smallest absolute Gasteiger partial charge is 0.00208 e. The van der Waals surface area contributed by atoms with Gasteiger partial charge in [-0.25, -0.2) is 0 Å². The maximum atomic E-state index is 2.40. The van der Waals surface area contributed by atoms with Crippen molar-refractivity contribution in [2.45, 2.75) is 21.6 Å². The topological polar surface area (TPSA) is 0 Å². The summed E-state index contributed by atoms with van der Waals surface area (Å²) in [5.41, 5.74) is 3.82. The van der Waals surface area contributed by atoms with Gasteiger partial charge in [-0.3, -0.25) is 0 Å². The Morgan fingerprint density at radius 2 is 0.815 bits per heavy atom. The van der Waals surface area contributed by atoms with Gasteiger partial charge >= 0.3 is 0 Å². The van der Waals surface area contributed by atoms with Crippen LogP contribution in [0.25, 0.3) is 11.1 Å². The second-order valence-electron chi connectivity index (χ2n) is 6.94. The number of aryl methyl sites for hydroxylation is 1. The number of hydrogen-bond donors (Lipinski definition) is 0. The Morgan fingerprint density at radius 3 is 1.26 bits per heavy atom. The second kappa shape index (κ2) is 7.46. The van der Waals surface area contributed by atoms with Gasteiger partial charge in [-0.1, -0.05) is 78.4 Å². The molecule has 0 saturated heterocycles. The molecule has 0 spiro atoms. The molecule has 4 aromatic rings. The molecular weight excluding hydrogens is 344 g/mol. The lowest BCUT2D eigenvalue weighted by Crippen LogP contribution is -2.01. The Morgan fingerprint density at radius 1 is 0.444 bits per heavy atom. The van der Waals surface area contributed by atoms with Crippen LogP contribution in [0, 0.1) is 6.92 Å². The summed E-state index contributed by atoms with van der Waals surface area (Å²) in [6, 6.07) is 39.7. The van der Waals surface area contributed by atoms with Crippen molar-refractivity contribution in [2.24, 2.45) is 0 Å². The van der Waals surface area contributed by atoms with Crippen LogP contribution in [-0.2, 0) is 0 Å². The van der Waals surface area contributed by atoms with Crippen molar-refractivity contribution in [1.29, 1.82) is 0 Å². The van der Waals surface area contributed by atoms with Crippen LogP contribution in [0.3, 0.4) is 0 Å². The largest absolute Gasteiger partial charge is 0.163 e. The molecule has 0 N–H and O–H groups in total. The van der Waals surface area contributed by atoms with E-state index >= 15 is 0 Å². The Bertz CT molecular complexity index is 962. The molecule has 4 aromatic carbocycles. The highest BCUT2D eigenvalue weighted by atomic mass is 32.3. The van der Waals surface area contributed by atoms with E-state index < -0.39 is 10.0 Å². The van der Waals surface area contributed by atoms with Crippen molar-refractivity contribution in [2.75, 3.05) is 6.26 Å². The zero-order chi connectivity index (χ0) is 18.7. The van der Waals surface area contributed by atoms with Crippen molar-refractivity contribution < 1.29 is 0 Å². The van der Waals surface area contributed by atoms with Gasteiger partial charge in [0.2, 0.25) is 0 Å². The highest BCUT2D eigenvalue weighted by Gasteiger charge is 2.25. The number of benzene rings is 4. The molecule has 0 aliphatic carbocycles. The highest BCUT2D eigenvalue weighted by molar-refractivity contribution is 8.33. The first-order chi connectivity index (χ1) is 13.2. The molecule has 0 aliphatic rings. The lowest BCUT2D eigenvalue weighted by Gasteiger charge is -2.37. The lowest BCUT2D eigenvalue weighted by molar-refractivity contribution is 1.30. The molecule has 4 rings (SSSR count). The van der Waals surface area contributed by atoms with Gasteiger partial charge < -0.3 is 0 Å². The summed E-state index contributed by atoms with van der Waals surface area (Å²) in [6.45, 7) is 2.13. The summed E-state index contributed by atoms with van der Waals surface area (Å²) in [5.74, 6) is 0. The zero-order valence-electron chi connectivity index (χ0n) is 15.8. The van der Waals surface area contributed by atoms with Gasteiger partial charge in [0.25, 0.3) is 0 Å². The highest BCUT2D eigenvalue weighted by Crippen LogP contribution is 2.65. The summed E-state index contributed by atoms with van der Waals surface area (Å²) in [7, 11) is -1.28. The zero-order valence-corrected chi connectivity index (χ0v) is 16.6. The SMILES string of the molecule is Cc1ccc(-c2ccc(S(C)(c3ccccc3)c3ccccc3)cc2)cc1. The molecule has 0 fully saturated rings. The van der Waals surface area contributed by atoms with E-state index in [2.05, 4.69) is 122 Å². The normalized spacial score (nSPS) is 11.9. The molecule has 0 radical (unpaired) electrons. The van der Waals surface area contributed by atoms with E-state index in [-0.39, 0.29) is 0 Å². The fourth-order valence-electron chi connectivity index (χ4n) is 3.46. The molecule has 0 atom stereocenters. The molecule has 0 aromatic heterocycles. The van der Waals surface area contributed by atoms with Gasteiger partial charge in [0, 0.05) is 0 Å². The molecule has 0 nitrogen and oxygen atoms in total. The van der Waals surface area contributed by atoms with Crippen LogP contribution >= 0.6 is 10.0 Å². The van der Waals surface area contributed by atoms with Crippen LogP contribution in [0.2, 0.25) is 0 Å². The maximum Gasteiger partial charge on any atom is -0.00208 e. The standard InChI is InChI=1S/C26H24S/c1-21-13-15-22(16-14-21)23-17-19-26(20-18-23)27(2,24-9-5-3-6-10-24)25-11-7-4-8-12-25/h3-20H,1-2H3. The summed E-state index contributed by atoms with van der Waals surface area (Å²) in [4.78, 5) is 4.16. The van der Waals surface area contributed by atoms with Crippen LogP contribution in [-0.4, -0.2) is 6.26 Å². The maximum absolute atomic E-state index is 2.40. The van der Waals surface area contributed by atoms with E-state index in [0.717, 1.165) is 0 Å². The first-order valence-electron chi connectivity index (χ1n) is 9.23. The molecule has 0 unspecified atom stereocenters. The average Bonchev–Trinajstić information content (AvgIpc) is 2.75. The first-order valence-corrected chi connectivity index (χ1v) is 11.3. The van der Waals surface area contributed by atoms with Gasteiger partial charge in [-0.15, -0.1) is 0 Å². The third-order valence-electron chi connectivity index (χ3n) is 5.14. The van der Waals surface area contributed by atoms with Crippen molar-refractivity contribution in [3.63, 3.8) is 0 Å². The van der Waals surface area contributed by atoms with Crippen LogP contribution in [0.5, 0.6) is 0 Å². The van der Waals surface area contributed by atoms with Crippen LogP contribution in [0.4, 0.5) is 0 Å². The van der Waals surface area contributed by atoms with Crippen molar-refractivity contribution in [3.8, 4) is 11.1 Å². The van der Waals surface area contributed by atoms with Crippen LogP contribution in [0.15, 0.2) is 124 Å². The minimum atomic E-state index is -1.28. The Balaban J connectivity index is 1.80. The van der Waals surface area contributed by atoms with Gasteiger partial charge in [0.15, 0.2) is 0 Å². The molecule has 134 valence electrons. The Labute approximate surface area is 163 Å². The Kier molecular flexibility index (Phi) is 4.87. The van der Waals surface area contributed by atoms with E-state index in [0.29, 0.717) is 0 Å². The monoisotopic (exact) mass is 368 g/mol. The van der Waals surface area contributed by atoms with Gasteiger partial charge in [-0.05, 0) is 75.4 Å². The molecule has 0 amide bonds. The number of rotatable bonds is 4. The molecule has 0 bridgehead atoms. The third-order valence-corrected chi connectivity index (χ3v) is 8.78. The van der Waals surface area contributed by atoms with E-state index in [9.17, 15) is 0 Å². The van der Waals surface area contributed by atoms with Gasteiger partial charge in [0.05, 0.1) is 0 Å². The molecule has 0 heterocycles. The molecule has 0 saturated carbocycles. The second-order valence-corrected chi connectivity index (χ2v) is 10.2. The van der Waals surface area contributed by atoms with E-state index in [4.69, 9.17) is 0 Å². The fourth-order valence-corrected chi connectivity index (χ4v) is 6.36.